The minimum Gasteiger partial charge on any atom is -0.341 e. The van der Waals surface area contributed by atoms with E-state index >= 15 is 0 Å². The highest BCUT2D eigenvalue weighted by molar-refractivity contribution is 7.92. The van der Waals surface area contributed by atoms with E-state index in [4.69, 9.17) is 0 Å². The minimum absolute atomic E-state index is 0.236. The molecule has 10 heteroatoms. The third-order valence-electron chi connectivity index (χ3n) is 5.59. The van der Waals surface area contributed by atoms with E-state index in [2.05, 4.69) is 25.8 Å². The van der Waals surface area contributed by atoms with Crippen molar-refractivity contribution in [3.8, 4) is 0 Å². The summed E-state index contributed by atoms with van der Waals surface area (Å²) in [5.41, 5.74) is 0.311. The molecule has 9 nitrogen and oxygen atoms in total. The van der Waals surface area contributed by atoms with Gasteiger partial charge in [-0.2, -0.15) is 5.10 Å². The Labute approximate surface area is 179 Å². The van der Waals surface area contributed by atoms with Crippen LogP contribution in [0.15, 0.2) is 63.2 Å². The summed E-state index contributed by atoms with van der Waals surface area (Å²) >= 11 is 0. The second kappa shape index (κ2) is 7.88. The molecule has 3 aromatic rings. The molecule has 1 atom stereocenters. The third kappa shape index (κ3) is 3.52. The van der Waals surface area contributed by atoms with E-state index in [-0.39, 0.29) is 16.3 Å². The molecule has 2 aliphatic rings. The van der Waals surface area contributed by atoms with Crippen LogP contribution in [0.1, 0.15) is 6.42 Å². The monoisotopic (exact) mass is 438 g/mol. The lowest BCUT2D eigenvalue weighted by Crippen LogP contribution is -2.50. The lowest BCUT2D eigenvalue weighted by Gasteiger charge is -2.32. The topological polar surface area (TPSA) is 120 Å². The van der Waals surface area contributed by atoms with Crippen LogP contribution in [0.25, 0.3) is 10.8 Å². The predicted octanol–water partition coefficient (Wildman–Crippen LogP) is 1.47. The second-order valence-corrected chi connectivity index (χ2v) is 9.58. The lowest BCUT2D eigenvalue weighted by atomic mass is 10.1. The van der Waals surface area contributed by atoms with E-state index < -0.39 is 15.2 Å². The van der Waals surface area contributed by atoms with Gasteiger partial charge in [0.2, 0.25) is 9.84 Å². The van der Waals surface area contributed by atoms with Gasteiger partial charge in [-0.3, -0.25) is 9.69 Å². The van der Waals surface area contributed by atoms with E-state index in [9.17, 15) is 13.2 Å². The molecule has 3 heterocycles. The van der Waals surface area contributed by atoms with E-state index in [1.807, 2.05) is 4.90 Å². The smallest absolute Gasteiger partial charge is 0.272 e. The van der Waals surface area contributed by atoms with Gasteiger partial charge in [-0.25, -0.2) is 18.5 Å². The molecule has 0 amide bonds. The van der Waals surface area contributed by atoms with Crippen molar-refractivity contribution >= 4 is 38.0 Å². The summed E-state index contributed by atoms with van der Waals surface area (Å²) in [7, 11) is -3.79. The summed E-state index contributed by atoms with van der Waals surface area (Å²) in [6.07, 6.45) is 0.825. The van der Waals surface area contributed by atoms with Gasteiger partial charge >= 0.3 is 0 Å². The van der Waals surface area contributed by atoms with Crippen molar-refractivity contribution in [1.29, 1.82) is 0 Å². The summed E-state index contributed by atoms with van der Waals surface area (Å²) in [6.45, 7) is 2.69. The summed E-state index contributed by atoms with van der Waals surface area (Å²) in [5, 5.41) is 13.1. The maximum absolute atomic E-state index is 13.8. The minimum atomic E-state index is -3.79. The van der Waals surface area contributed by atoms with Crippen LogP contribution in [0.5, 0.6) is 0 Å². The number of amidine groups is 1. The highest BCUT2D eigenvalue weighted by Crippen LogP contribution is 2.34. The first-order valence-electron chi connectivity index (χ1n) is 10.2. The number of benzene rings is 2. The van der Waals surface area contributed by atoms with Crippen molar-refractivity contribution < 1.29 is 8.42 Å². The molecular weight excluding hydrogens is 416 g/mol. The second-order valence-electron chi connectivity index (χ2n) is 7.58. The van der Waals surface area contributed by atoms with Gasteiger partial charge in [0.25, 0.3) is 5.56 Å². The van der Waals surface area contributed by atoms with E-state index in [1.54, 1.807) is 48.5 Å². The number of hydrogen-bond donors (Lipinski definition) is 3. The number of hydrogen-bond acceptors (Lipinski definition) is 8. The number of aromatic nitrogens is 2. The first-order valence-corrected chi connectivity index (χ1v) is 11.7. The average molecular weight is 439 g/mol. The molecule has 0 spiro atoms. The molecule has 1 fully saturated rings. The molecule has 2 aromatic carbocycles. The number of anilines is 1. The number of sulfone groups is 1. The summed E-state index contributed by atoms with van der Waals surface area (Å²) < 4.78 is 27.6. The zero-order chi connectivity index (χ0) is 21.4. The van der Waals surface area contributed by atoms with Gasteiger partial charge in [0.15, 0.2) is 11.2 Å². The third-order valence-corrected chi connectivity index (χ3v) is 7.63. The maximum atomic E-state index is 13.8. The number of H-pyrrole nitrogens is 1. The number of aliphatic imine (C=N–C) groups is 1. The van der Waals surface area contributed by atoms with Gasteiger partial charge in [0.05, 0.1) is 21.4 Å². The van der Waals surface area contributed by atoms with Crippen LogP contribution in [0.2, 0.25) is 0 Å². The number of nitrogens with one attached hydrogen (secondary N) is 3. The van der Waals surface area contributed by atoms with E-state index in [1.165, 1.54) is 0 Å². The van der Waals surface area contributed by atoms with Gasteiger partial charge in [-0.05, 0) is 37.2 Å². The summed E-state index contributed by atoms with van der Waals surface area (Å²) in [5.74, 6) is 0.588. The fraction of sp³-hybridized carbons (Fsp3) is 0.286. The number of aromatic amines is 1. The molecule has 0 bridgehead atoms. The van der Waals surface area contributed by atoms with Crippen molar-refractivity contribution in [2.24, 2.45) is 4.99 Å². The Kier molecular flexibility index (Phi) is 5.05. The maximum Gasteiger partial charge on any atom is 0.272 e. The zero-order valence-electron chi connectivity index (χ0n) is 16.7. The largest absolute Gasteiger partial charge is 0.341 e. The van der Waals surface area contributed by atoms with Crippen LogP contribution < -0.4 is 16.2 Å². The van der Waals surface area contributed by atoms with Crippen molar-refractivity contribution in [2.75, 3.05) is 31.5 Å². The van der Waals surface area contributed by atoms with E-state index in [0.29, 0.717) is 41.9 Å². The Morgan fingerprint density at radius 1 is 1.00 bits per heavy atom. The van der Waals surface area contributed by atoms with Crippen LogP contribution in [-0.2, 0) is 9.84 Å². The molecule has 0 radical (unpaired) electrons. The fourth-order valence-electron chi connectivity index (χ4n) is 4.14. The molecule has 1 saturated heterocycles. The lowest BCUT2D eigenvalue weighted by molar-refractivity contribution is 0.303. The molecule has 0 aliphatic carbocycles. The quantitative estimate of drug-likeness (QED) is 0.564. The SMILES string of the molecule is O=c1[nH]nc2c3c(cccc13)NC(C(N1CCCNCC1)S(=O)(=O)c1ccccc1)=N2. The highest BCUT2D eigenvalue weighted by Gasteiger charge is 2.39. The molecule has 1 unspecified atom stereocenters. The predicted molar refractivity (Wildman–Crippen MR) is 120 cm³/mol. The molecule has 3 N–H and O–H groups in total. The van der Waals surface area contributed by atoms with Gasteiger partial charge in [0, 0.05) is 19.6 Å². The Morgan fingerprint density at radius 3 is 2.68 bits per heavy atom. The fourth-order valence-corrected chi connectivity index (χ4v) is 5.94. The van der Waals surface area contributed by atoms with Gasteiger partial charge in [-0.15, -0.1) is 0 Å². The first kappa shape index (κ1) is 19.9. The molecule has 1 aromatic heterocycles. The highest BCUT2D eigenvalue weighted by atomic mass is 32.2. The van der Waals surface area contributed by atoms with Crippen molar-refractivity contribution in [3.63, 3.8) is 0 Å². The Bertz CT molecular complexity index is 1310. The van der Waals surface area contributed by atoms with Crippen LogP contribution in [0, 0.1) is 0 Å². The first-order chi connectivity index (χ1) is 15.1. The van der Waals surface area contributed by atoms with Crippen LogP contribution in [-0.4, -0.2) is 60.9 Å². The standard InChI is InChI=1S/C21H22N6O3S/c28-20-15-8-4-9-16-17(15)18(25-26-20)24-19(23-16)21(27-12-5-10-22-11-13-27)31(29,30)14-6-2-1-3-7-14/h1-4,6-9,21-22H,5,10-13H2,(H,26,28)(H,23,24,25). The molecule has 2 aliphatic heterocycles. The van der Waals surface area contributed by atoms with Gasteiger partial charge in [-0.1, -0.05) is 24.3 Å². The molecule has 0 saturated carbocycles. The average Bonchev–Trinajstić information content (AvgIpc) is 3.06. The van der Waals surface area contributed by atoms with Gasteiger partial charge < -0.3 is 10.6 Å². The summed E-state index contributed by atoms with van der Waals surface area (Å²) in [4.78, 5) is 18.9. The van der Waals surface area contributed by atoms with Crippen LogP contribution >= 0.6 is 0 Å². The van der Waals surface area contributed by atoms with E-state index in [0.717, 1.165) is 13.0 Å². The number of rotatable bonds is 4. The van der Waals surface area contributed by atoms with Crippen LogP contribution in [0.3, 0.4) is 0 Å². The molecule has 31 heavy (non-hydrogen) atoms. The normalized spacial score (nSPS) is 18.1. The van der Waals surface area contributed by atoms with Gasteiger partial charge in [0.1, 0.15) is 5.84 Å². The van der Waals surface area contributed by atoms with Crippen molar-refractivity contribution in [1.82, 2.24) is 20.4 Å². The molecular formula is C21H22N6O3S. The number of nitrogens with zero attached hydrogens (tertiary/aromatic N) is 3. The van der Waals surface area contributed by atoms with Crippen molar-refractivity contribution in [3.05, 3.63) is 58.9 Å². The van der Waals surface area contributed by atoms with Crippen molar-refractivity contribution in [2.45, 2.75) is 16.7 Å². The molecule has 160 valence electrons. The Balaban J connectivity index is 1.67. The summed E-state index contributed by atoms with van der Waals surface area (Å²) in [6, 6.07) is 13.7. The zero-order valence-corrected chi connectivity index (χ0v) is 17.5. The van der Waals surface area contributed by atoms with Crippen LogP contribution in [0.4, 0.5) is 11.5 Å². The molecule has 5 rings (SSSR count). The Hall–Kier alpha value is -3.08. The Morgan fingerprint density at radius 2 is 1.84 bits per heavy atom.